The fraction of sp³-hybridized carbons (Fsp3) is 0. The zero-order valence-electron chi connectivity index (χ0n) is 14.5. The summed E-state index contributed by atoms with van der Waals surface area (Å²) in [6.07, 6.45) is 1.68. The normalized spacial score (nSPS) is 11.3. The predicted octanol–water partition coefficient (Wildman–Crippen LogP) is 6.97. The largest absolute Gasteiger partial charge is 0.456 e. The number of thiazole rings is 1. The van der Waals surface area contributed by atoms with Crippen molar-refractivity contribution in [2.45, 2.75) is 0 Å². The first-order valence-corrected chi connectivity index (χ1v) is 9.44. The number of allylic oxidation sites excluding steroid dienone is 1. The van der Waals surface area contributed by atoms with Gasteiger partial charge in [-0.3, -0.25) is 0 Å². The Morgan fingerprint density at radius 3 is 2.63 bits per heavy atom. The predicted molar refractivity (Wildman–Crippen MR) is 115 cm³/mol. The Morgan fingerprint density at radius 2 is 1.81 bits per heavy atom. The molecule has 0 fully saturated rings. The zero-order valence-corrected chi connectivity index (χ0v) is 15.3. The van der Waals surface area contributed by atoms with E-state index in [1.54, 1.807) is 17.4 Å². The highest BCUT2D eigenvalue weighted by Crippen LogP contribution is 2.40. The van der Waals surface area contributed by atoms with Gasteiger partial charge in [-0.15, -0.1) is 0 Å². The van der Waals surface area contributed by atoms with Crippen LogP contribution in [0.3, 0.4) is 0 Å². The number of furan rings is 1. The molecule has 3 nitrogen and oxygen atoms in total. The van der Waals surface area contributed by atoms with Crippen LogP contribution in [-0.2, 0) is 0 Å². The number of anilines is 1. The molecule has 0 spiro atoms. The Kier molecular flexibility index (Phi) is 3.59. The van der Waals surface area contributed by atoms with Crippen molar-refractivity contribution >= 4 is 48.6 Å². The summed E-state index contributed by atoms with van der Waals surface area (Å²) in [4.78, 5) is 4.67. The minimum atomic E-state index is 0.730. The number of rotatable bonds is 4. The number of nitrogens with one attached hydrogen (secondary N) is 1. The molecule has 3 aromatic carbocycles. The van der Waals surface area contributed by atoms with Crippen LogP contribution >= 0.6 is 11.3 Å². The highest BCUT2D eigenvalue weighted by atomic mass is 32.1. The SMILES string of the molecule is C=CC(=C)Nc1nc2ccc3oc4ccc(-c5ccccc5)cc4c3c2s1. The van der Waals surface area contributed by atoms with Crippen LogP contribution in [0.4, 0.5) is 5.13 Å². The maximum Gasteiger partial charge on any atom is 0.188 e. The van der Waals surface area contributed by atoms with Gasteiger partial charge in [-0.1, -0.05) is 60.9 Å². The van der Waals surface area contributed by atoms with Crippen molar-refractivity contribution in [3.63, 3.8) is 0 Å². The zero-order chi connectivity index (χ0) is 18.4. The Labute approximate surface area is 160 Å². The summed E-state index contributed by atoms with van der Waals surface area (Å²) in [5, 5.41) is 6.20. The van der Waals surface area contributed by atoms with Gasteiger partial charge >= 0.3 is 0 Å². The summed E-state index contributed by atoms with van der Waals surface area (Å²) in [6, 6.07) is 20.7. The first-order chi connectivity index (χ1) is 13.2. The maximum atomic E-state index is 6.09. The van der Waals surface area contributed by atoms with Crippen LogP contribution in [0.1, 0.15) is 0 Å². The molecule has 0 saturated carbocycles. The van der Waals surface area contributed by atoms with Gasteiger partial charge in [0.1, 0.15) is 11.2 Å². The molecular formula is C23H16N2OS. The summed E-state index contributed by atoms with van der Waals surface area (Å²) in [6.45, 7) is 7.64. The van der Waals surface area contributed by atoms with Gasteiger partial charge in [0.2, 0.25) is 0 Å². The maximum absolute atomic E-state index is 6.09. The number of hydrogen-bond donors (Lipinski definition) is 1. The molecule has 0 atom stereocenters. The summed E-state index contributed by atoms with van der Waals surface area (Å²) in [5.74, 6) is 0. The Bertz CT molecular complexity index is 1330. The Balaban J connectivity index is 1.76. The van der Waals surface area contributed by atoms with Crippen molar-refractivity contribution in [3.05, 3.63) is 85.6 Å². The molecular weight excluding hydrogens is 352 g/mol. The highest BCUT2D eigenvalue weighted by molar-refractivity contribution is 7.23. The molecule has 27 heavy (non-hydrogen) atoms. The fourth-order valence-electron chi connectivity index (χ4n) is 3.30. The lowest BCUT2D eigenvalue weighted by atomic mass is 10.0. The lowest BCUT2D eigenvalue weighted by molar-refractivity contribution is 0.669. The van der Waals surface area contributed by atoms with E-state index in [0.717, 1.165) is 43.0 Å². The molecule has 2 heterocycles. The van der Waals surface area contributed by atoms with Crippen LogP contribution in [0, 0.1) is 0 Å². The van der Waals surface area contributed by atoms with E-state index >= 15 is 0 Å². The Hall–Kier alpha value is -3.37. The van der Waals surface area contributed by atoms with E-state index in [1.807, 2.05) is 24.3 Å². The molecule has 2 aromatic heterocycles. The van der Waals surface area contributed by atoms with Gasteiger partial charge in [0, 0.05) is 16.5 Å². The molecule has 0 radical (unpaired) electrons. The lowest BCUT2D eigenvalue weighted by Gasteiger charge is -2.01. The van der Waals surface area contributed by atoms with Gasteiger partial charge in [-0.05, 0) is 41.5 Å². The third-order valence-electron chi connectivity index (χ3n) is 4.61. The van der Waals surface area contributed by atoms with Crippen LogP contribution < -0.4 is 5.32 Å². The van der Waals surface area contributed by atoms with Crippen LogP contribution in [0.5, 0.6) is 0 Å². The van der Waals surface area contributed by atoms with E-state index in [1.165, 1.54) is 11.1 Å². The molecule has 5 rings (SSSR count). The van der Waals surface area contributed by atoms with Crippen molar-refractivity contribution < 1.29 is 4.42 Å². The number of fused-ring (bicyclic) bond motifs is 5. The van der Waals surface area contributed by atoms with Gasteiger partial charge in [0.25, 0.3) is 0 Å². The average Bonchev–Trinajstić information content (AvgIpc) is 3.28. The van der Waals surface area contributed by atoms with E-state index in [9.17, 15) is 0 Å². The lowest BCUT2D eigenvalue weighted by Crippen LogP contribution is -1.92. The molecule has 1 N–H and O–H groups in total. The molecule has 0 amide bonds. The summed E-state index contributed by atoms with van der Waals surface area (Å²) in [7, 11) is 0. The molecule has 0 bridgehead atoms. The molecule has 0 saturated heterocycles. The summed E-state index contributed by atoms with van der Waals surface area (Å²) >= 11 is 1.60. The highest BCUT2D eigenvalue weighted by Gasteiger charge is 2.15. The molecule has 0 unspecified atom stereocenters. The second-order valence-electron chi connectivity index (χ2n) is 6.34. The second-order valence-corrected chi connectivity index (χ2v) is 7.34. The average molecular weight is 368 g/mol. The van der Waals surface area contributed by atoms with E-state index in [-0.39, 0.29) is 0 Å². The van der Waals surface area contributed by atoms with E-state index in [2.05, 4.69) is 59.9 Å². The number of benzene rings is 3. The van der Waals surface area contributed by atoms with Crippen molar-refractivity contribution in [1.29, 1.82) is 0 Å². The number of nitrogens with zero attached hydrogens (tertiary/aromatic N) is 1. The molecule has 5 aromatic rings. The van der Waals surface area contributed by atoms with Crippen molar-refractivity contribution in [2.75, 3.05) is 5.32 Å². The number of hydrogen-bond acceptors (Lipinski definition) is 4. The minimum absolute atomic E-state index is 0.730. The third-order valence-corrected chi connectivity index (χ3v) is 5.61. The monoisotopic (exact) mass is 368 g/mol. The third kappa shape index (κ3) is 2.62. The van der Waals surface area contributed by atoms with E-state index in [0.29, 0.717) is 0 Å². The molecule has 0 aliphatic carbocycles. The molecule has 130 valence electrons. The quantitative estimate of drug-likeness (QED) is 0.348. The molecule has 0 aliphatic heterocycles. The standard InChI is InChI=1S/C23H16N2OS/c1-3-14(2)24-23-25-18-10-12-20-21(22(18)27-23)17-13-16(9-11-19(17)26-20)15-7-5-4-6-8-15/h3-13H,1-2H2,(H,24,25). The van der Waals surface area contributed by atoms with Gasteiger partial charge in [0.15, 0.2) is 5.13 Å². The molecule has 0 aliphatic rings. The second kappa shape index (κ2) is 6.11. The smallest absolute Gasteiger partial charge is 0.188 e. The fourth-order valence-corrected chi connectivity index (χ4v) is 4.35. The van der Waals surface area contributed by atoms with Crippen LogP contribution in [0.2, 0.25) is 0 Å². The molecule has 4 heteroatoms. The Morgan fingerprint density at radius 1 is 1.00 bits per heavy atom. The van der Waals surface area contributed by atoms with Gasteiger partial charge < -0.3 is 9.73 Å². The van der Waals surface area contributed by atoms with Crippen LogP contribution in [0.25, 0.3) is 43.3 Å². The van der Waals surface area contributed by atoms with Crippen LogP contribution in [-0.4, -0.2) is 4.98 Å². The first-order valence-electron chi connectivity index (χ1n) is 8.62. The topological polar surface area (TPSA) is 38.1 Å². The van der Waals surface area contributed by atoms with Crippen molar-refractivity contribution in [2.24, 2.45) is 0 Å². The van der Waals surface area contributed by atoms with Gasteiger partial charge in [-0.2, -0.15) is 0 Å². The van der Waals surface area contributed by atoms with Gasteiger partial charge in [-0.25, -0.2) is 4.98 Å². The van der Waals surface area contributed by atoms with Gasteiger partial charge in [0.05, 0.1) is 10.2 Å². The van der Waals surface area contributed by atoms with E-state index < -0.39 is 0 Å². The van der Waals surface area contributed by atoms with Crippen molar-refractivity contribution in [1.82, 2.24) is 4.98 Å². The first kappa shape index (κ1) is 15.9. The van der Waals surface area contributed by atoms with Crippen molar-refractivity contribution in [3.8, 4) is 11.1 Å². The van der Waals surface area contributed by atoms with Crippen LogP contribution in [0.15, 0.2) is 90.0 Å². The van der Waals surface area contributed by atoms with E-state index in [4.69, 9.17) is 4.42 Å². The number of aromatic nitrogens is 1. The minimum Gasteiger partial charge on any atom is -0.456 e. The summed E-state index contributed by atoms with van der Waals surface area (Å²) in [5.41, 5.74) is 5.80. The summed E-state index contributed by atoms with van der Waals surface area (Å²) < 4.78 is 7.19.